The zero-order valence-electron chi connectivity index (χ0n) is 13.4. The van der Waals surface area contributed by atoms with E-state index in [-0.39, 0.29) is 10.8 Å². The van der Waals surface area contributed by atoms with Crippen molar-refractivity contribution in [2.45, 2.75) is 51.2 Å². The topological polar surface area (TPSA) is 75.2 Å². The summed E-state index contributed by atoms with van der Waals surface area (Å²) in [5, 5.41) is 12.5. The van der Waals surface area contributed by atoms with Crippen molar-refractivity contribution in [3.8, 4) is 0 Å². The molecule has 2 heterocycles. The smallest absolute Gasteiger partial charge is 0.322 e. The predicted molar refractivity (Wildman–Crippen MR) is 90.8 cm³/mol. The molecule has 8 heteroatoms. The highest BCUT2D eigenvalue weighted by molar-refractivity contribution is 7.86. The molecule has 1 unspecified atom stereocenters. The van der Waals surface area contributed by atoms with Gasteiger partial charge in [-0.05, 0) is 20.3 Å². The summed E-state index contributed by atoms with van der Waals surface area (Å²) in [7, 11) is -0.882. The molecule has 22 heavy (non-hydrogen) atoms. The lowest BCUT2D eigenvalue weighted by atomic mass is 10.2. The molecule has 1 atom stereocenters. The third-order valence-corrected chi connectivity index (χ3v) is 6.51. The lowest BCUT2D eigenvalue weighted by Crippen LogP contribution is -2.53. The van der Waals surface area contributed by atoms with E-state index in [1.54, 1.807) is 4.90 Å². The van der Waals surface area contributed by atoms with Gasteiger partial charge in [0.05, 0.1) is 4.75 Å². The van der Waals surface area contributed by atoms with Crippen molar-refractivity contribution in [2.24, 2.45) is 0 Å². The molecule has 0 spiro atoms. The lowest BCUT2D eigenvalue weighted by Gasteiger charge is -2.36. The van der Waals surface area contributed by atoms with Gasteiger partial charge >= 0.3 is 6.03 Å². The van der Waals surface area contributed by atoms with Crippen LogP contribution in [0.2, 0.25) is 0 Å². The molecule has 1 saturated heterocycles. The fourth-order valence-corrected chi connectivity index (χ4v) is 4.37. The highest BCUT2D eigenvalue weighted by Gasteiger charge is 2.35. The van der Waals surface area contributed by atoms with Crippen LogP contribution in [-0.2, 0) is 17.2 Å². The summed E-state index contributed by atoms with van der Waals surface area (Å²) in [6.45, 7) is 7.04. The van der Waals surface area contributed by atoms with Crippen molar-refractivity contribution in [1.82, 2.24) is 15.1 Å². The molecule has 1 N–H and O–H groups in total. The Labute approximate surface area is 138 Å². The number of urea groups is 1. The first-order chi connectivity index (χ1) is 10.4. The van der Waals surface area contributed by atoms with Crippen LogP contribution in [0.4, 0.5) is 9.93 Å². The summed E-state index contributed by atoms with van der Waals surface area (Å²) in [6.07, 6.45) is 4.37. The van der Waals surface area contributed by atoms with E-state index in [1.807, 2.05) is 13.8 Å². The number of nitrogens with one attached hydrogen (secondary N) is 1. The number of aryl methyl sites for hydroxylation is 1. The van der Waals surface area contributed by atoms with Crippen LogP contribution >= 0.6 is 11.3 Å². The number of amides is 2. The maximum atomic E-state index is 12.3. The Morgan fingerprint density at radius 2 is 2.18 bits per heavy atom. The number of unbranched alkanes of at least 4 members (excludes halogenated alkanes) is 2. The molecule has 6 nitrogen and oxygen atoms in total. The fraction of sp³-hybridized carbons (Fsp3) is 0.786. The van der Waals surface area contributed by atoms with E-state index in [4.69, 9.17) is 0 Å². The van der Waals surface area contributed by atoms with E-state index >= 15 is 0 Å². The minimum Gasteiger partial charge on any atom is -0.322 e. The van der Waals surface area contributed by atoms with Gasteiger partial charge in [0.25, 0.3) is 0 Å². The van der Waals surface area contributed by atoms with E-state index in [0.717, 1.165) is 17.8 Å². The van der Waals surface area contributed by atoms with Crippen LogP contribution < -0.4 is 5.32 Å². The number of rotatable bonds is 5. The number of carbonyl (C=O) groups excluding carboxylic acids is 1. The Bertz CT molecular complexity index is 545. The van der Waals surface area contributed by atoms with Crippen molar-refractivity contribution < 1.29 is 9.00 Å². The molecular weight excluding hydrogens is 320 g/mol. The second-order valence-corrected chi connectivity index (χ2v) is 9.39. The number of carbonyl (C=O) groups is 1. The monoisotopic (exact) mass is 344 g/mol. The Balaban J connectivity index is 1.88. The molecule has 124 valence electrons. The first-order valence-corrected chi connectivity index (χ1v) is 9.82. The van der Waals surface area contributed by atoms with Gasteiger partial charge < -0.3 is 4.90 Å². The average Bonchev–Trinajstić information content (AvgIpc) is 2.89. The Morgan fingerprint density at radius 3 is 2.86 bits per heavy atom. The van der Waals surface area contributed by atoms with Gasteiger partial charge in [-0.2, -0.15) is 0 Å². The standard InChI is InChI=1S/C14H24N4O2S2/c1-4-5-6-7-11-16-17-12(21-11)15-13(19)18-8-9-22(20)14(2,3)10-18/h4-10H2,1-3H3,(H,15,17,19). The highest BCUT2D eigenvalue weighted by atomic mass is 32.2. The summed E-state index contributed by atoms with van der Waals surface area (Å²) in [4.78, 5) is 14.0. The number of anilines is 1. The van der Waals surface area contributed by atoms with E-state index in [2.05, 4.69) is 22.4 Å². The van der Waals surface area contributed by atoms with Crippen LogP contribution in [0, 0.1) is 0 Å². The first-order valence-electron chi connectivity index (χ1n) is 7.69. The number of nitrogens with zero attached hydrogens (tertiary/aromatic N) is 3. The molecule has 0 aromatic carbocycles. The normalized spacial score (nSPS) is 20.9. The summed E-state index contributed by atoms with van der Waals surface area (Å²) in [5.41, 5.74) is 0. The van der Waals surface area contributed by atoms with Crippen molar-refractivity contribution >= 4 is 33.3 Å². The number of aromatic nitrogens is 2. The van der Waals surface area contributed by atoms with Crippen LogP contribution in [0.1, 0.15) is 45.0 Å². The lowest BCUT2D eigenvalue weighted by molar-refractivity contribution is 0.207. The maximum Gasteiger partial charge on any atom is 0.323 e. The number of hydrogen-bond donors (Lipinski definition) is 1. The molecule has 0 aliphatic carbocycles. The minimum absolute atomic E-state index is 0.180. The van der Waals surface area contributed by atoms with Gasteiger partial charge in [-0.15, -0.1) is 10.2 Å². The van der Waals surface area contributed by atoms with Crippen molar-refractivity contribution in [3.63, 3.8) is 0 Å². The molecule has 0 radical (unpaired) electrons. The molecule has 1 fully saturated rings. The third kappa shape index (κ3) is 4.49. The van der Waals surface area contributed by atoms with Gasteiger partial charge in [-0.3, -0.25) is 9.53 Å². The second-order valence-electron chi connectivity index (χ2n) is 6.12. The molecule has 1 aromatic rings. The van der Waals surface area contributed by atoms with Crippen LogP contribution in [0.3, 0.4) is 0 Å². The molecule has 0 saturated carbocycles. The molecule has 2 rings (SSSR count). The SMILES string of the molecule is CCCCCc1nnc(NC(=O)N2CCS(=O)C(C)(C)C2)s1. The van der Waals surface area contributed by atoms with Crippen LogP contribution in [0.25, 0.3) is 0 Å². The van der Waals surface area contributed by atoms with E-state index in [1.165, 1.54) is 24.2 Å². The van der Waals surface area contributed by atoms with Gasteiger partial charge in [-0.25, -0.2) is 4.79 Å². The predicted octanol–water partition coefficient (Wildman–Crippen LogP) is 2.65. The molecule has 1 aliphatic rings. The van der Waals surface area contributed by atoms with Gasteiger partial charge in [0.2, 0.25) is 5.13 Å². The van der Waals surface area contributed by atoms with Gasteiger partial charge in [0.15, 0.2) is 0 Å². The largest absolute Gasteiger partial charge is 0.323 e. The molecule has 2 amide bonds. The van der Waals surface area contributed by atoms with Crippen molar-refractivity contribution in [1.29, 1.82) is 0 Å². The molecule has 1 aliphatic heterocycles. The van der Waals surface area contributed by atoms with Gasteiger partial charge in [-0.1, -0.05) is 31.1 Å². The quantitative estimate of drug-likeness (QED) is 0.833. The number of hydrogen-bond acceptors (Lipinski definition) is 5. The summed E-state index contributed by atoms with van der Waals surface area (Å²) >= 11 is 1.44. The second kappa shape index (κ2) is 7.50. The third-order valence-electron chi connectivity index (χ3n) is 3.70. The van der Waals surface area contributed by atoms with Gasteiger partial charge in [0, 0.05) is 36.1 Å². The van der Waals surface area contributed by atoms with Crippen molar-refractivity contribution in [3.05, 3.63) is 5.01 Å². The van der Waals surface area contributed by atoms with E-state index < -0.39 is 10.8 Å². The Morgan fingerprint density at radius 1 is 1.41 bits per heavy atom. The van der Waals surface area contributed by atoms with E-state index in [9.17, 15) is 9.00 Å². The van der Waals surface area contributed by atoms with Crippen LogP contribution in [-0.4, -0.2) is 48.9 Å². The Kier molecular flexibility index (Phi) is 5.91. The zero-order chi connectivity index (χ0) is 16.2. The minimum atomic E-state index is -0.882. The van der Waals surface area contributed by atoms with Crippen LogP contribution in [0.5, 0.6) is 0 Å². The van der Waals surface area contributed by atoms with E-state index in [0.29, 0.717) is 24.0 Å². The Hall–Kier alpha value is -1.02. The average molecular weight is 345 g/mol. The van der Waals surface area contributed by atoms with Gasteiger partial charge in [0.1, 0.15) is 5.01 Å². The van der Waals surface area contributed by atoms with Crippen LogP contribution in [0.15, 0.2) is 0 Å². The summed E-state index contributed by atoms with van der Waals surface area (Å²) in [6, 6.07) is -0.180. The zero-order valence-corrected chi connectivity index (χ0v) is 15.1. The first kappa shape index (κ1) is 17.3. The summed E-state index contributed by atoms with van der Waals surface area (Å²) < 4.78 is 11.5. The highest BCUT2D eigenvalue weighted by Crippen LogP contribution is 2.22. The summed E-state index contributed by atoms with van der Waals surface area (Å²) in [5.74, 6) is 0.527. The maximum absolute atomic E-state index is 12.3. The van der Waals surface area contributed by atoms with Crippen molar-refractivity contribution in [2.75, 3.05) is 24.2 Å². The molecular formula is C14H24N4O2S2. The molecule has 1 aromatic heterocycles. The molecule has 0 bridgehead atoms. The fourth-order valence-electron chi connectivity index (χ4n) is 2.36.